The van der Waals surface area contributed by atoms with Crippen LogP contribution in [0.3, 0.4) is 0 Å². The molecule has 0 saturated heterocycles. The normalized spacial score (nSPS) is 10.3. The van der Waals surface area contributed by atoms with E-state index in [1.165, 1.54) is 24.3 Å². The lowest BCUT2D eigenvalue weighted by Gasteiger charge is -2.08. The minimum atomic E-state index is -0.494. The summed E-state index contributed by atoms with van der Waals surface area (Å²) < 4.78 is 31.3. The Kier molecular flexibility index (Phi) is 3.59. The van der Waals surface area contributed by atoms with E-state index in [-0.39, 0.29) is 17.4 Å². The lowest BCUT2D eigenvalue weighted by atomic mass is 10.2. The zero-order chi connectivity index (χ0) is 12.3. The van der Waals surface area contributed by atoms with E-state index < -0.39 is 5.82 Å². The smallest absolute Gasteiger partial charge is 0.142 e. The highest BCUT2D eigenvalue weighted by atomic mass is 35.5. The maximum Gasteiger partial charge on any atom is 0.142 e. The van der Waals surface area contributed by atoms with Crippen LogP contribution in [0.15, 0.2) is 42.5 Å². The van der Waals surface area contributed by atoms with Crippen LogP contribution in [-0.4, -0.2) is 0 Å². The van der Waals surface area contributed by atoms with Crippen LogP contribution >= 0.6 is 11.6 Å². The van der Waals surface area contributed by atoms with Crippen LogP contribution in [0.5, 0.6) is 5.75 Å². The van der Waals surface area contributed by atoms with Gasteiger partial charge in [-0.25, -0.2) is 8.78 Å². The SMILES string of the molecule is Fc1cccc(OCc2cccc(F)c2Cl)c1. The van der Waals surface area contributed by atoms with E-state index in [1.807, 2.05) is 0 Å². The van der Waals surface area contributed by atoms with E-state index in [1.54, 1.807) is 18.2 Å². The summed E-state index contributed by atoms with van der Waals surface area (Å²) in [7, 11) is 0. The maximum absolute atomic E-state index is 13.1. The first-order chi connectivity index (χ1) is 8.16. The zero-order valence-electron chi connectivity index (χ0n) is 8.79. The second kappa shape index (κ2) is 5.15. The molecule has 0 bridgehead atoms. The third-order valence-electron chi connectivity index (χ3n) is 2.22. The standard InChI is InChI=1S/C13H9ClF2O/c14-13-9(3-1-6-12(13)16)8-17-11-5-2-4-10(15)7-11/h1-7H,8H2. The molecule has 0 spiro atoms. The summed E-state index contributed by atoms with van der Waals surface area (Å²) in [6.07, 6.45) is 0. The summed E-state index contributed by atoms with van der Waals surface area (Å²) in [6.45, 7) is 0.0973. The number of rotatable bonds is 3. The Morgan fingerprint density at radius 2 is 1.82 bits per heavy atom. The van der Waals surface area contributed by atoms with Crippen molar-refractivity contribution in [3.63, 3.8) is 0 Å². The van der Waals surface area contributed by atoms with Crippen molar-refractivity contribution in [3.8, 4) is 5.75 Å². The van der Waals surface area contributed by atoms with Gasteiger partial charge in [0.15, 0.2) is 0 Å². The van der Waals surface area contributed by atoms with Gasteiger partial charge in [-0.15, -0.1) is 0 Å². The lowest BCUT2D eigenvalue weighted by Crippen LogP contribution is -1.97. The summed E-state index contributed by atoms with van der Waals surface area (Å²) in [4.78, 5) is 0. The summed E-state index contributed by atoms with van der Waals surface area (Å²) in [5, 5.41) is 0.0314. The maximum atomic E-state index is 13.1. The molecule has 2 aromatic rings. The summed E-state index contributed by atoms with van der Waals surface area (Å²) in [6, 6.07) is 10.2. The summed E-state index contributed by atoms with van der Waals surface area (Å²) in [5.74, 6) is -0.495. The molecule has 2 rings (SSSR count). The van der Waals surface area contributed by atoms with Crippen LogP contribution < -0.4 is 4.74 Å². The second-order valence-corrected chi connectivity index (χ2v) is 3.84. The van der Waals surface area contributed by atoms with Crippen molar-refractivity contribution in [2.24, 2.45) is 0 Å². The Morgan fingerprint density at radius 3 is 2.59 bits per heavy atom. The monoisotopic (exact) mass is 254 g/mol. The van der Waals surface area contributed by atoms with E-state index in [2.05, 4.69) is 0 Å². The molecule has 4 heteroatoms. The Balaban J connectivity index is 2.10. The van der Waals surface area contributed by atoms with Gasteiger partial charge in [0.1, 0.15) is 24.0 Å². The van der Waals surface area contributed by atoms with Crippen molar-refractivity contribution in [3.05, 3.63) is 64.7 Å². The highest BCUT2D eigenvalue weighted by Gasteiger charge is 2.06. The topological polar surface area (TPSA) is 9.23 Å². The Labute approximate surface area is 103 Å². The molecular formula is C13H9ClF2O. The molecule has 0 amide bonds. The minimum absolute atomic E-state index is 0.0314. The van der Waals surface area contributed by atoms with Gasteiger partial charge in [0.25, 0.3) is 0 Å². The van der Waals surface area contributed by atoms with E-state index in [0.717, 1.165) is 0 Å². The first-order valence-corrected chi connectivity index (χ1v) is 5.36. The molecule has 0 aliphatic rings. The van der Waals surface area contributed by atoms with E-state index in [0.29, 0.717) is 11.3 Å². The van der Waals surface area contributed by atoms with Crippen LogP contribution in [0.4, 0.5) is 8.78 Å². The molecule has 0 heterocycles. The van der Waals surface area contributed by atoms with Crippen molar-refractivity contribution >= 4 is 11.6 Å². The fourth-order valence-corrected chi connectivity index (χ4v) is 1.56. The molecule has 17 heavy (non-hydrogen) atoms. The highest BCUT2D eigenvalue weighted by molar-refractivity contribution is 6.31. The molecule has 0 saturated carbocycles. The molecule has 0 radical (unpaired) electrons. The van der Waals surface area contributed by atoms with E-state index in [9.17, 15) is 8.78 Å². The van der Waals surface area contributed by atoms with Crippen molar-refractivity contribution < 1.29 is 13.5 Å². The van der Waals surface area contributed by atoms with Gasteiger partial charge in [0.05, 0.1) is 5.02 Å². The molecule has 0 N–H and O–H groups in total. The van der Waals surface area contributed by atoms with Crippen LogP contribution in [0.1, 0.15) is 5.56 Å². The predicted octanol–water partition coefficient (Wildman–Crippen LogP) is 4.20. The van der Waals surface area contributed by atoms with Gasteiger partial charge >= 0.3 is 0 Å². The van der Waals surface area contributed by atoms with Crippen molar-refractivity contribution in [2.75, 3.05) is 0 Å². The number of hydrogen-bond acceptors (Lipinski definition) is 1. The van der Waals surface area contributed by atoms with Gasteiger partial charge < -0.3 is 4.74 Å². The van der Waals surface area contributed by atoms with Crippen molar-refractivity contribution in [1.82, 2.24) is 0 Å². The van der Waals surface area contributed by atoms with Crippen LogP contribution in [-0.2, 0) is 6.61 Å². The average Bonchev–Trinajstić information content (AvgIpc) is 2.31. The van der Waals surface area contributed by atoms with Crippen molar-refractivity contribution in [2.45, 2.75) is 6.61 Å². The fourth-order valence-electron chi connectivity index (χ4n) is 1.38. The largest absolute Gasteiger partial charge is 0.489 e. The Morgan fingerprint density at radius 1 is 1.06 bits per heavy atom. The summed E-state index contributed by atoms with van der Waals surface area (Å²) >= 11 is 5.76. The number of ether oxygens (including phenoxy) is 1. The van der Waals surface area contributed by atoms with Crippen LogP contribution in [0.2, 0.25) is 5.02 Å². The quantitative estimate of drug-likeness (QED) is 0.798. The molecular weight excluding hydrogens is 246 g/mol. The Hall–Kier alpha value is -1.61. The van der Waals surface area contributed by atoms with E-state index >= 15 is 0 Å². The highest BCUT2D eigenvalue weighted by Crippen LogP contribution is 2.21. The molecule has 0 aliphatic heterocycles. The molecule has 0 aliphatic carbocycles. The van der Waals surface area contributed by atoms with Crippen molar-refractivity contribution in [1.29, 1.82) is 0 Å². The second-order valence-electron chi connectivity index (χ2n) is 3.46. The van der Waals surface area contributed by atoms with Gasteiger partial charge in [-0.2, -0.15) is 0 Å². The molecule has 2 aromatic carbocycles. The molecule has 0 aromatic heterocycles. The van der Waals surface area contributed by atoms with Gasteiger partial charge in [0.2, 0.25) is 0 Å². The first-order valence-electron chi connectivity index (χ1n) is 4.98. The number of hydrogen-bond donors (Lipinski definition) is 0. The molecule has 0 atom stereocenters. The third-order valence-corrected chi connectivity index (χ3v) is 2.65. The first kappa shape index (κ1) is 11.9. The van der Waals surface area contributed by atoms with Gasteiger partial charge in [-0.1, -0.05) is 29.8 Å². The predicted molar refractivity (Wildman–Crippen MR) is 62.1 cm³/mol. The zero-order valence-corrected chi connectivity index (χ0v) is 9.55. The Bertz CT molecular complexity index is 529. The molecule has 0 fully saturated rings. The van der Waals surface area contributed by atoms with Crippen LogP contribution in [0.25, 0.3) is 0 Å². The van der Waals surface area contributed by atoms with Crippen LogP contribution in [0, 0.1) is 11.6 Å². The van der Waals surface area contributed by atoms with Gasteiger partial charge in [-0.05, 0) is 18.2 Å². The minimum Gasteiger partial charge on any atom is -0.489 e. The number of benzene rings is 2. The van der Waals surface area contributed by atoms with E-state index in [4.69, 9.17) is 16.3 Å². The van der Waals surface area contributed by atoms with Gasteiger partial charge in [0, 0.05) is 11.6 Å². The molecule has 88 valence electrons. The lowest BCUT2D eigenvalue weighted by molar-refractivity contribution is 0.304. The average molecular weight is 255 g/mol. The molecule has 0 unspecified atom stereocenters. The van der Waals surface area contributed by atoms with Gasteiger partial charge in [-0.3, -0.25) is 0 Å². The fraction of sp³-hybridized carbons (Fsp3) is 0.0769. The number of halogens is 3. The summed E-state index contributed by atoms with van der Waals surface area (Å²) in [5.41, 5.74) is 0.524. The third kappa shape index (κ3) is 2.94. The molecule has 1 nitrogen and oxygen atoms in total.